The summed E-state index contributed by atoms with van der Waals surface area (Å²) in [6, 6.07) is 12.6. The van der Waals surface area contributed by atoms with E-state index in [1.165, 1.54) is 12.1 Å². The first kappa shape index (κ1) is 23.2. The average molecular weight is 428 g/mol. The highest BCUT2D eigenvalue weighted by Crippen LogP contribution is 2.16. The molecule has 1 aliphatic heterocycles. The Kier molecular flexibility index (Phi) is 8.43. The van der Waals surface area contributed by atoms with E-state index < -0.39 is 5.82 Å². The number of rotatable bonds is 9. The molecule has 5 nitrogen and oxygen atoms in total. The van der Waals surface area contributed by atoms with Gasteiger partial charge in [-0.1, -0.05) is 32.0 Å². The zero-order chi connectivity index (χ0) is 22.2. The molecule has 1 amide bonds. The Morgan fingerprint density at radius 1 is 1.13 bits per heavy atom. The van der Waals surface area contributed by atoms with E-state index in [9.17, 15) is 9.18 Å². The van der Waals surface area contributed by atoms with Crippen LogP contribution in [0.5, 0.6) is 5.75 Å². The predicted molar refractivity (Wildman–Crippen MR) is 122 cm³/mol. The van der Waals surface area contributed by atoms with E-state index in [0.29, 0.717) is 31.2 Å². The summed E-state index contributed by atoms with van der Waals surface area (Å²) in [5, 5.41) is 6.45. The first-order valence-corrected chi connectivity index (χ1v) is 11.1. The summed E-state index contributed by atoms with van der Waals surface area (Å²) >= 11 is 0. The number of hydrogen-bond donors (Lipinski definition) is 2. The molecule has 0 atom stereocenters. The standard InChI is InChI=1S/C25H34FN3O2/c1-18(2)17-31-23-8-4-19(5-9-23)15-27-16-20-6-7-21(26)14-24(20)25(30)28-22-10-12-29(3)13-11-22/h4-9,14,18,22,27H,10-13,15-17H2,1-3H3,(H,28,30). The van der Waals surface area contributed by atoms with Crippen LogP contribution in [0.3, 0.4) is 0 Å². The van der Waals surface area contributed by atoms with Crippen LogP contribution < -0.4 is 15.4 Å². The van der Waals surface area contributed by atoms with Gasteiger partial charge in [0.05, 0.1) is 6.61 Å². The Labute approximate surface area is 185 Å². The first-order chi connectivity index (χ1) is 14.9. The lowest BCUT2D eigenvalue weighted by atomic mass is 10.0. The van der Waals surface area contributed by atoms with Crippen molar-refractivity contribution in [3.8, 4) is 5.75 Å². The second-order valence-corrected chi connectivity index (χ2v) is 8.80. The number of carbonyl (C=O) groups is 1. The smallest absolute Gasteiger partial charge is 0.251 e. The monoisotopic (exact) mass is 427 g/mol. The molecule has 1 saturated heterocycles. The van der Waals surface area contributed by atoms with Crippen LogP contribution in [0.25, 0.3) is 0 Å². The highest BCUT2D eigenvalue weighted by atomic mass is 19.1. The van der Waals surface area contributed by atoms with Gasteiger partial charge in [0.2, 0.25) is 0 Å². The summed E-state index contributed by atoms with van der Waals surface area (Å²) in [5.74, 6) is 0.763. The highest BCUT2D eigenvalue weighted by molar-refractivity contribution is 5.95. The van der Waals surface area contributed by atoms with Gasteiger partial charge in [-0.3, -0.25) is 4.79 Å². The number of hydrogen-bond acceptors (Lipinski definition) is 4. The summed E-state index contributed by atoms with van der Waals surface area (Å²) in [7, 11) is 2.08. The van der Waals surface area contributed by atoms with Crippen LogP contribution in [0.2, 0.25) is 0 Å². The number of benzene rings is 2. The fourth-order valence-corrected chi connectivity index (χ4v) is 3.64. The van der Waals surface area contributed by atoms with E-state index >= 15 is 0 Å². The largest absolute Gasteiger partial charge is 0.493 e. The van der Waals surface area contributed by atoms with Gasteiger partial charge in [0.1, 0.15) is 11.6 Å². The molecular weight excluding hydrogens is 393 g/mol. The number of nitrogens with zero attached hydrogens (tertiary/aromatic N) is 1. The molecule has 31 heavy (non-hydrogen) atoms. The lowest BCUT2D eigenvalue weighted by Gasteiger charge is -2.29. The van der Waals surface area contributed by atoms with Crippen LogP contribution in [0, 0.1) is 11.7 Å². The number of nitrogens with one attached hydrogen (secondary N) is 2. The molecule has 2 aromatic rings. The number of ether oxygens (including phenoxy) is 1. The molecule has 0 radical (unpaired) electrons. The van der Waals surface area contributed by atoms with E-state index in [-0.39, 0.29) is 11.9 Å². The van der Waals surface area contributed by atoms with Crippen molar-refractivity contribution >= 4 is 5.91 Å². The summed E-state index contributed by atoms with van der Waals surface area (Å²) in [6.45, 7) is 8.00. The molecule has 168 valence electrons. The molecule has 0 saturated carbocycles. The van der Waals surface area contributed by atoms with Gasteiger partial charge in [-0.25, -0.2) is 4.39 Å². The number of likely N-dealkylation sites (tertiary alicyclic amines) is 1. The topological polar surface area (TPSA) is 53.6 Å². The van der Waals surface area contributed by atoms with Crippen LogP contribution in [-0.2, 0) is 13.1 Å². The molecule has 3 rings (SSSR count). The Bertz CT molecular complexity index is 846. The van der Waals surface area contributed by atoms with Crippen molar-refractivity contribution in [3.05, 3.63) is 65.0 Å². The third-order valence-electron chi connectivity index (χ3n) is 5.52. The van der Waals surface area contributed by atoms with Crippen molar-refractivity contribution in [3.63, 3.8) is 0 Å². The Morgan fingerprint density at radius 2 is 1.84 bits per heavy atom. The van der Waals surface area contributed by atoms with Crippen LogP contribution in [0.4, 0.5) is 4.39 Å². The lowest BCUT2D eigenvalue weighted by molar-refractivity contribution is 0.0915. The van der Waals surface area contributed by atoms with Crippen LogP contribution in [0.15, 0.2) is 42.5 Å². The Morgan fingerprint density at radius 3 is 2.52 bits per heavy atom. The van der Waals surface area contributed by atoms with E-state index in [1.54, 1.807) is 6.07 Å². The summed E-state index contributed by atoms with van der Waals surface area (Å²) < 4.78 is 19.6. The van der Waals surface area contributed by atoms with Gasteiger partial charge in [0, 0.05) is 24.7 Å². The molecular formula is C25H34FN3O2. The summed E-state index contributed by atoms with van der Waals surface area (Å²) in [6.07, 6.45) is 1.84. The molecule has 1 aliphatic rings. The van der Waals surface area contributed by atoms with E-state index in [2.05, 4.69) is 36.4 Å². The SMILES string of the molecule is CC(C)COc1ccc(CNCc2ccc(F)cc2C(=O)NC2CCN(C)CC2)cc1. The minimum absolute atomic E-state index is 0.143. The van der Waals surface area contributed by atoms with Gasteiger partial charge in [-0.05, 0) is 74.3 Å². The molecule has 0 aromatic heterocycles. The molecule has 2 aromatic carbocycles. The second-order valence-electron chi connectivity index (χ2n) is 8.80. The molecule has 1 fully saturated rings. The maximum absolute atomic E-state index is 13.9. The predicted octanol–water partition coefficient (Wildman–Crippen LogP) is 3.97. The minimum Gasteiger partial charge on any atom is -0.493 e. The molecule has 0 bridgehead atoms. The van der Waals surface area contributed by atoms with Crippen molar-refractivity contribution < 1.29 is 13.9 Å². The highest BCUT2D eigenvalue weighted by Gasteiger charge is 2.20. The molecule has 2 N–H and O–H groups in total. The van der Waals surface area contributed by atoms with Gasteiger partial charge in [0.15, 0.2) is 0 Å². The van der Waals surface area contributed by atoms with Crippen LogP contribution >= 0.6 is 0 Å². The molecule has 0 spiro atoms. The lowest BCUT2D eigenvalue weighted by Crippen LogP contribution is -2.43. The quantitative estimate of drug-likeness (QED) is 0.636. The molecule has 0 aliphatic carbocycles. The van der Waals surface area contributed by atoms with Crippen molar-refractivity contribution in [2.75, 3.05) is 26.7 Å². The van der Waals surface area contributed by atoms with Gasteiger partial charge >= 0.3 is 0 Å². The van der Waals surface area contributed by atoms with E-state index in [0.717, 1.165) is 42.8 Å². The number of halogens is 1. The Balaban J connectivity index is 1.55. The number of piperidine rings is 1. The molecule has 1 heterocycles. The fourth-order valence-electron chi connectivity index (χ4n) is 3.64. The van der Waals surface area contributed by atoms with E-state index in [4.69, 9.17) is 4.74 Å². The fraction of sp³-hybridized carbons (Fsp3) is 0.480. The third-order valence-corrected chi connectivity index (χ3v) is 5.52. The normalized spacial score (nSPS) is 15.3. The van der Waals surface area contributed by atoms with Crippen LogP contribution in [0.1, 0.15) is 48.2 Å². The van der Waals surface area contributed by atoms with Gasteiger partial charge in [-0.2, -0.15) is 0 Å². The van der Waals surface area contributed by atoms with Gasteiger partial charge in [-0.15, -0.1) is 0 Å². The van der Waals surface area contributed by atoms with Crippen molar-refractivity contribution in [2.45, 2.75) is 45.8 Å². The zero-order valence-electron chi connectivity index (χ0n) is 18.8. The molecule has 6 heteroatoms. The Hall–Kier alpha value is -2.44. The van der Waals surface area contributed by atoms with Crippen LogP contribution in [-0.4, -0.2) is 43.6 Å². The zero-order valence-corrected chi connectivity index (χ0v) is 18.8. The number of carbonyl (C=O) groups excluding carboxylic acids is 1. The van der Waals surface area contributed by atoms with Gasteiger partial charge < -0.3 is 20.3 Å². The van der Waals surface area contributed by atoms with E-state index in [1.807, 2.05) is 24.3 Å². The second kappa shape index (κ2) is 11.3. The van der Waals surface area contributed by atoms with Gasteiger partial charge in [0.25, 0.3) is 5.91 Å². The maximum Gasteiger partial charge on any atom is 0.251 e. The number of amides is 1. The van der Waals surface area contributed by atoms with Crippen molar-refractivity contribution in [1.29, 1.82) is 0 Å². The summed E-state index contributed by atoms with van der Waals surface area (Å²) in [5.41, 5.74) is 2.32. The van der Waals surface area contributed by atoms with Crippen molar-refractivity contribution in [2.24, 2.45) is 5.92 Å². The average Bonchev–Trinajstić information content (AvgIpc) is 2.75. The molecule has 0 unspecified atom stereocenters. The third kappa shape index (κ3) is 7.33. The van der Waals surface area contributed by atoms with Crippen molar-refractivity contribution in [1.82, 2.24) is 15.5 Å². The maximum atomic E-state index is 13.9. The summed E-state index contributed by atoms with van der Waals surface area (Å²) in [4.78, 5) is 15.1. The minimum atomic E-state index is -0.394. The first-order valence-electron chi connectivity index (χ1n) is 11.1.